The number of rotatable bonds is 3. The fourth-order valence-corrected chi connectivity index (χ4v) is 2.45. The molecule has 2 rings (SSSR count). The Bertz CT molecular complexity index is 468. The fourth-order valence-electron chi connectivity index (χ4n) is 2.45. The summed E-state index contributed by atoms with van der Waals surface area (Å²) in [5, 5.41) is 10.5. The Morgan fingerprint density at radius 2 is 1.83 bits per heavy atom. The van der Waals surface area contributed by atoms with Crippen LogP contribution in [0.5, 0.6) is 0 Å². The second kappa shape index (κ2) is 7.62. The lowest BCUT2D eigenvalue weighted by Gasteiger charge is -2.27. The van der Waals surface area contributed by atoms with Gasteiger partial charge < -0.3 is 20.2 Å². The van der Waals surface area contributed by atoms with Gasteiger partial charge >= 0.3 is 12.1 Å². The van der Waals surface area contributed by atoms with Crippen LogP contribution in [0.25, 0.3) is 0 Å². The Hall–Kier alpha value is -1.84. The van der Waals surface area contributed by atoms with Gasteiger partial charge in [0.2, 0.25) is 11.8 Å². The van der Waals surface area contributed by atoms with Gasteiger partial charge in [-0.25, -0.2) is 4.79 Å². The standard InChI is InChI=1S/C11H19N3O2.C2HF3O2/c1-13(2)10(15)3-4-11(16)14-7-8-5-9(14)6-12-8;3-2(4,5)1(6)7/h8-9,12H,3-7H2,1-2H3;(H,6,7)/t8-,9-;/m0./s1. The van der Waals surface area contributed by atoms with Crippen LogP contribution >= 0.6 is 0 Å². The van der Waals surface area contributed by atoms with Crippen LogP contribution in [0.1, 0.15) is 19.3 Å². The first-order chi connectivity index (χ1) is 10.5. The van der Waals surface area contributed by atoms with Gasteiger partial charge in [-0.15, -0.1) is 0 Å². The quantitative estimate of drug-likeness (QED) is 0.759. The van der Waals surface area contributed by atoms with Crippen LogP contribution in [0.3, 0.4) is 0 Å². The molecule has 2 aliphatic heterocycles. The lowest BCUT2D eigenvalue weighted by molar-refractivity contribution is -0.192. The van der Waals surface area contributed by atoms with Crippen molar-refractivity contribution in [1.82, 2.24) is 15.1 Å². The molecule has 0 radical (unpaired) electrons. The highest BCUT2D eigenvalue weighted by Crippen LogP contribution is 2.24. The molecule has 2 amide bonds. The van der Waals surface area contributed by atoms with Crippen LogP contribution in [0.4, 0.5) is 13.2 Å². The summed E-state index contributed by atoms with van der Waals surface area (Å²) in [5.74, 6) is -2.60. The Labute approximate surface area is 131 Å². The number of carboxylic acids is 1. The third-order valence-corrected chi connectivity index (χ3v) is 3.67. The van der Waals surface area contributed by atoms with E-state index in [1.807, 2.05) is 4.90 Å². The molecule has 2 heterocycles. The average molecular weight is 339 g/mol. The van der Waals surface area contributed by atoms with E-state index < -0.39 is 12.1 Å². The second-order valence-electron chi connectivity index (χ2n) is 5.63. The molecular formula is C13H20F3N3O4. The molecule has 2 fully saturated rings. The van der Waals surface area contributed by atoms with Gasteiger partial charge in [0, 0.05) is 52.1 Å². The molecule has 23 heavy (non-hydrogen) atoms. The summed E-state index contributed by atoms with van der Waals surface area (Å²) in [5.41, 5.74) is 0. The van der Waals surface area contributed by atoms with Gasteiger partial charge in [0.15, 0.2) is 0 Å². The summed E-state index contributed by atoms with van der Waals surface area (Å²) in [7, 11) is 3.43. The van der Waals surface area contributed by atoms with Crippen LogP contribution in [-0.4, -0.2) is 78.1 Å². The third kappa shape index (κ3) is 5.70. The van der Waals surface area contributed by atoms with Gasteiger partial charge in [-0.1, -0.05) is 0 Å². The molecule has 2 atom stereocenters. The number of likely N-dealkylation sites (tertiary alicyclic amines) is 1. The number of alkyl halides is 3. The number of carbonyl (C=O) groups excluding carboxylic acids is 2. The maximum atomic E-state index is 11.9. The predicted octanol–water partition coefficient (Wildman–Crippen LogP) is 0.0608. The van der Waals surface area contributed by atoms with Crippen molar-refractivity contribution in [2.75, 3.05) is 27.2 Å². The van der Waals surface area contributed by atoms with Gasteiger partial charge in [-0.05, 0) is 6.42 Å². The van der Waals surface area contributed by atoms with Crippen molar-refractivity contribution < 1.29 is 32.7 Å². The van der Waals surface area contributed by atoms with Gasteiger partial charge in [0.25, 0.3) is 0 Å². The summed E-state index contributed by atoms with van der Waals surface area (Å²) in [6.07, 6.45) is -3.33. The van der Waals surface area contributed by atoms with E-state index in [1.165, 1.54) is 4.90 Å². The van der Waals surface area contributed by atoms with Crippen molar-refractivity contribution in [2.24, 2.45) is 0 Å². The summed E-state index contributed by atoms with van der Waals surface area (Å²) in [4.78, 5) is 35.6. The highest BCUT2D eigenvalue weighted by Gasteiger charge is 2.40. The Morgan fingerprint density at radius 3 is 2.17 bits per heavy atom. The van der Waals surface area contributed by atoms with E-state index >= 15 is 0 Å². The Balaban J connectivity index is 0.000000322. The molecule has 0 aromatic carbocycles. The number of fused-ring (bicyclic) bond motifs is 2. The van der Waals surface area contributed by atoms with Gasteiger partial charge in [-0.2, -0.15) is 13.2 Å². The lowest BCUT2D eigenvalue weighted by Crippen LogP contribution is -2.46. The molecule has 0 aliphatic carbocycles. The molecule has 7 nitrogen and oxygen atoms in total. The molecule has 2 bridgehead atoms. The number of halogens is 3. The SMILES string of the molecule is CN(C)C(=O)CCC(=O)N1C[C@@H]2C[C@H]1CN2.O=C(O)C(F)(F)F. The Morgan fingerprint density at radius 1 is 1.26 bits per heavy atom. The van der Waals surface area contributed by atoms with E-state index in [4.69, 9.17) is 9.90 Å². The number of amides is 2. The number of hydrogen-bond acceptors (Lipinski definition) is 4. The normalized spacial score (nSPS) is 22.4. The maximum absolute atomic E-state index is 11.9. The monoisotopic (exact) mass is 339 g/mol. The van der Waals surface area contributed by atoms with Crippen molar-refractivity contribution >= 4 is 17.8 Å². The number of nitrogens with one attached hydrogen (secondary N) is 1. The molecule has 132 valence electrons. The summed E-state index contributed by atoms with van der Waals surface area (Å²) >= 11 is 0. The second-order valence-corrected chi connectivity index (χ2v) is 5.63. The minimum Gasteiger partial charge on any atom is -0.475 e. The van der Waals surface area contributed by atoms with Crippen LogP contribution in [-0.2, 0) is 14.4 Å². The topological polar surface area (TPSA) is 90.0 Å². The maximum Gasteiger partial charge on any atom is 0.490 e. The van der Waals surface area contributed by atoms with Crippen molar-refractivity contribution in [3.8, 4) is 0 Å². The van der Waals surface area contributed by atoms with Gasteiger partial charge in [-0.3, -0.25) is 9.59 Å². The molecule has 2 N–H and O–H groups in total. The Kier molecular flexibility index (Phi) is 6.37. The van der Waals surface area contributed by atoms with Crippen molar-refractivity contribution in [2.45, 2.75) is 37.5 Å². The smallest absolute Gasteiger partial charge is 0.475 e. The highest BCUT2D eigenvalue weighted by atomic mass is 19.4. The molecular weight excluding hydrogens is 319 g/mol. The minimum atomic E-state index is -5.08. The lowest BCUT2D eigenvalue weighted by atomic mass is 10.2. The molecule has 0 spiro atoms. The van der Waals surface area contributed by atoms with Gasteiger partial charge in [0.05, 0.1) is 0 Å². The zero-order chi connectivity index (χ0) is 17.8. The minimum absolute atomic E-state index is 0.0239. The molecule has 0 aromatic rings. The zero-order valence-electron chi connectivity index (χ0n) is 12.9. The largest absolute Gasteiger partial charge is 0.490 e. The summed E-state index contributed by atoms with van der Waals surface area (Å²) in [6, 6.07) is 0.852. The van der Waals surface area contributed by atoms with Crippen molar-refractivity contribution in [1.29, 1.82) is 0 Å². The predicted molar refractivity (Wildman–Crippen MR) is 73.5 cm³/mol. The van der Waals surface area contributed by atoms with E-state index in [2.05, 4.69) is 5.32 Å². The van der Waals surface area contributed by atoms with Crippen LogP contribution in [0, 0.1) is 0 Å². The molecule has 2 saturated heterocycles. The first-order valence-electron chi connectivity index (χ1n) is 7.05. The van der Waals surface area contributed by atoms with Crippen LogP contribution in [0.15, 0.2) is 0 Å². The number of carboxylic acid groups (broad SMARTS) is 1. The zero-order valence-corrected chi connectivity index (χ0v) is 12.9. The number of nitrogens with zero attached hydrogens (tertiary/aromatic N) is 2. The number of aliphatic carboxylic acids is 1. The average Bonchev–Trinajstić information content (AvgIpc) is 3.06. The van der Waals surface area contributed by atoms with E-state index in [0.717, 1.165) is 19.5 Å². The van der Waals surface area contributed by atoms with E-state index in [1.54, 1.807) is 14.1 Å². The molecule has 0 unspecified atom stereocenters. The first kappa shape index (κ1) is 19.2. The molecule has 0 saturated carbocycles. The molecule has 2 aliphatic rings. The van der Waals surface area contributed by atoms with Crippen LogP contribution < -0.4 is 5.32 Å². The molecule has 0 aromatic heterocycles. The number of carbonyl (C=O) groups is 3. The van der Waals surface area contributed by atoms with E-state index in [-0.39, 0.29) is 11.8 Å². The number of piperazine rings is 1. The third-order valence-electron chi connectivity index (χ3n) is 3.67. The highest BCUT2D eigenvalue weighted by molar-refractivity contribution is 5.84. The van der Waals surface area contributed by atoms with E-state index in [9.17, 15) is 22.8 Å². The first-order valence-corrected chi connectivity index (χ1v) is 7.05. The van der Waals surface area contributed by atoms with Crippen molar-refractivity contribution in [3.05, 3.63) is 0 Å². The fraction of sp³-hybridized carbons (Fsp3) is 0.769. The van der Waals surface area contributed by atoms with Gasteiger partial charge in [0.1, 0.15) is 0 Å². The molecule has 10 heteroatoms. The van der Waals surface area contributed by atoms with Crippen molar-refractivity contribution in [3.63, 3.8) is 0 Å². The summed E-state index contributed by atoms with van der Waals surface area (Å²) < 4.78 is 31.7. The number of hydrogen-bond donors (Lipinski definition) is 2. The van der Waals surface area contributed by atoms with E-state index in [0.29, 0.717) is 24.9 Å². The van der Waals surface area contributed by atoms with Crippen LogP contribution in [0.2, 0.25) is 0 Å². The summed E-state index contributed by atoms with van der Waals surface area (Å²) in [6.45, 7) is 1.73.